The average molecular weight is 234 g/mol. The number of nitrogens with two attached hydrogens (primary N) is 1. The van der Waals surface area contributed by atoms with Crippen LogP contribution >= 0.6 is 27.3 Å². The fraction of sp³-hybridized carbons (Fsp3) is 0.286. The van der Waals surface area contributed by atoms with E-state index < -0.39 is 0 Å². The van der Waals surface area contributed by atoms with E-state index in [1.807, 2.05) is 12.1 Å². The molecule has 4 heteroatoms. The molecular weight excluding hydrogens is 226 g/mol. The number of halogens is 1. The Morgan fingerprint density at radius 2 is 2.36 bits per heavy atom. The lowest BCUT2D eigenvalue weighted by Gasteiger charge is -2.01. The van der Waals surface area contributed by atoms with Crippen LogP contribution in [0, 0.1) is 0 Å². The molecule has 1 aromatic heterocycles. The quantitative estimate of drug-likeness (QED) is 0.836. The summed E-state index contributed by atoms with van der Waals surface area (Å²) in [5.41, 5.74) is 5.13. The predicted molar refractivity (Wildman–Crippen MR) is 49.6 cm³/mol. The summed E-state index contributed by atoms with van der Waals surface area (Å²) in [4.78, 5) is 11.7. The largest absolute Gasteiger partial charge is 0.369 e. The molecule has 0 spiro atoms. The molecule has 0 aliphatic heterocycles. The van der Waals surface area contributed by atoms with Crippen molar-refractivity contribution in [3.05, 3.63) is 20.8 Å². The molecule has 0 aliphatic rings. The molecule has 1 rings (SSSR count). The molecule has 0 bridgehead atoms. The van der Waals surface area contributed by atoms with Gasteiger partial charge in [-0.1, -0.05) is 0 Å². The lowest BCUT2D eigenvalue weighted by Crippen LogP contribution is -2.17. The van der Waals surface area contributed by atoms with Crippen molar-refractivity contribution < 1.29 is 4.79 Å². The van der Waals surface area contributed by atoms with E-state index >= 15 is 0 Å². The fourth-order valence-electron chi connectivity index (χ4n) is 0.701. The number of rotatable bonds is 2. The topological polar surface area (TPSA) is 43.1 Å². The Kier molecular flexibility index (Phi) is 2.67. The maximum atomic E-state index is 10.7. The highest BCUT2D eigenvalue weighted by atomic mass is 79.9. The first-order valence-corrected chi connectivity index (χ1v) is 4.76. The molecule has 1 heterocycles. The van der Waals surface area contributed by atoms with Gasteiger partial charge in [0.2, 0.25) is 5.91 Å². The third-order valence-corrected chi connectivity index (χ3v) is 3.25. The van der Waals surface area contributed by atoms with E-state index in [0.717, 1.165) is 8.66 Å². The second-order valence-electron chi connectivity index (χ2n) is 2.27. The van der Waals surface area contributed by atoms with Gasteiger partial charge in [0.15, 0.2) is 0 Å². The van der Waals surface area contributed by atoms with E-state index in [4.69, 9.17) is 5.73 Å². The summed E-state index contributed by atoms with van der Waals surface area (Å²) < 4.78 is 1.03. The summed E-state index contributed by atoms with van der Waals surface area (Å²) in [6.45, 7) is 1.81. The predicted octanol–water partition coefficient (Wildman–Crippen LogP) is 2.10. The van der Waals surface area contributed by atoms with E-state index in [1.54, 1.807) is 6.92 Å². The summed E-state index contributed by atoms with van der Waals surface area (Å²) in [5.74, 6) is -0.453. The van der Waals surface area contributed by atoms with E-state index in [1.165, 1.54) is 11.3 Å². The van der Waals surface area contributed by atoms with Crippen LogP contribution < -0.4 is 5.73 Å². The van der Waals surface area contributed by atoms with Crippen molar-refractivity contribution in [3.8, 4) is 0 Å². The summed E-state index contributed by atoms with van der Waals surface area (Å²) >= 11 is 4.86. The number of hydrogen-bond acceptors (Lipinski definition) is 2. The van der Waals surface area contributed by atoms with E-state index in [-0.39, 0.29) is 11.8 Å². The second-order valence-corrected chi connectivity index (χ2v) is 4.76. The average Bonchev–Trinajstić information content (AvgIpc) is 2.34. The minimum absolute atomic E-state index is 0.175. The monoisotopic (exact) mass is 233 g/mol. The number of hydrogen-bond donors (Lipinski definition) is 1. The normalized spacial score (nSPS) is 12.9. The Labute approximate surface area is 77.5 Å². The van der Waals surface area contributed by atoms with Gasteiger partial charge >= 0.3 is 0 Å². The van der Waals surface area contributed by atoms with Crippen molar-refractivity contribution in [1.29, 1.82) is 0 Å². The second kappa shape index (κ2) is 3.36. The van der Waals surface area contributed by atoms with Crippen LogP contribution in [0.5, 0.6) is 0 Å². The molecule has 0 aromatic carbocycles. The molecule has 1 atom stereocenters. The molecule has 0 radical (unpaired) electrons. The number of carbonyl (C=O) groups is 1. The fourth-order valence-corrected chi connectivity index (χ4v) is 2.18. The molecule has 1 amide bonds. The molecule has 1 aromatic rings. The first kappa shape index (κ1) is 8.74. The van der Waals surface area contributed by atoms with Gasteiger partial charge < -0.3 is 5.73 Å². The van der Waals surface area contributed by atoms with Crippen molar-refractivity contribution in [3.63, 3.8) is 0 Å². The lowest BCUT2D eigenvalue weighted by atomic mass is 10.1. The standard InChI is InChI=1S/C7H8BrNOS/c1-4(7(9)10)5-2-3-6(8)11-5/h2-4H,1H3,(H2,9,10). The van der Waals surface area contributed by atoms with E-state index in [2.05, 4.69) is 15.9 Å². The van der Waals surface area contributed by atoms with Gasteiger partial charge in [0.25, 0.3) is 0 Å². The van der Waals surface area contributed by atoms with E-state index in [0.29, 0.717) is 0 Å². The Bertz CT molecular complexity index is 271. The SMILES string of the molecule is CC(C(N)=O)c1ccc(Br)s1. The molecule has 2 nitrogen and oxygen atoms in total. The van der Waals surface area contributed by atoms with Gasteiger partial charge in [-0.15, -0.1) is 11.3 Å². The van der Waals surface area contributed by atoms with E-state index in [9.17, 15) is 4.79 Å². The summed E-state index contributed by atoms with van der Waals surface area (Å²) in [7, 11) is 0. The van der Waals surface area contributed by atoms with Crippen molar-refractivity contribution in [2.45, 2.75) is 12.8 Å². The summed E-state index contributed by atoms with van der Waals surface area (Å²) in [6, 6.07) is 3.82. The van der Waals surface area contributed by atoms with Crippen LogP contribution in [0.15, 0.2) is 15.9 Å². The zero-order valence-electron chi connectivity index (χ0n) is 6.00. The third-order valence-electron chi connectivity index (χ3n) is 1.45. The third kappa shape index (κ3) is 2.04. The van der Waals surface area contributed by atoms with Gasteiger partial charge in [-0.3, -0.25) is 4.79 Å². The molecular formula is C7H8BrNOS. The maximum Gasteiger partial charge on any atom is 0.225 e. The Balaban J connectivity index is 2.84. The molecule has 0 saturated carbocycles. The highest BCUT2D eigenvalue weighted by molar-refractivity contribution is 9.11. The molecule has 0 aliphatic carbocycles. The first-order valence-electron chi connectivity index (χ1n) is 3.16. The maximum absolute atomic E-state index is 10.7. The van der Waals surface area contributed by atoms with Crippen LogP contribution in [0.1, 0.15) is 17.7 Å². The molecule has 2 N–H and O–H groups in total. The molecule has 11 heavy (non-hydrogen) atoms. The smallest absolute Gasteiger partial charge is 0.225 e. The number of amides is 1. The minimum atomic E-state index is -0.278. The Hall–Kier alpha value is -0.350. The zero-order valence-corrected chi connectivity index (χ0v) is 8.41. The highest BCUT2D eigenvalue weighted by Gasteiger charge is 2.12. The summed E-state index contributed by atoms with van der Waals surface area (Å²) in [6.07, 6.45) is 0. The van der Waals surface area contributed by atoms with Crippen LogP contribution in [0.2, 0.25) is 0 Å². The van der Waals surface area contributed by atoms with Crippen molar-refractivity contribution in [1.82, 2.24) is 0 Å². The van der Waals surface area contributed by atoms with Gasteiger partial charge in [0, 0.05) is 4.88 Å². The minimum Gasteiger partial charge on any atom is -0.369 e. The van der Waals surface area contributed by atoms with Crippen LogP contribution in [-0.2, 0) is 4.79 Å². The molecule has 60 valence electrons. The molecule has 0 saturated heterocycles. The van der Waals surface area contributed by atoms with Crippen LogP contribution in [-0.4, -0.2) is 5.91 Å². The number of primary amides is 1. The Morgan fingerprint density at radius 3 is 2.73 bits per heavy atom. The van der Waals surface area contributed by atoms with Crippen molar-refractivity contribution in [2.24, 2.45) is 5.73 Å². The van der Waals surface area contributed by atoms with Gasteiger partial charge in [-0.25, -0.2) is 0 Å². The molecule has 0 fully saturated rings. The Morgan fingerprint density at radius 1 is 1.73 bits per heavy atom. The van der Waals surface area contributed by atoms with Crippen LogP contribution in [0.25, 0.3) is 0 Å². The first-order chi connectivity index (χ1) is 5.11. The van der Waals surface area contributed by atoms with Gasteiger partial charge in [-0.05, 0) is 35.0 Å². The van der Waals surface area contributed by atoms with Crippen LogP contribution in [0.3, 0.4) is 0 Å². The highest BCUT2D eigenvalue weighted by Crippen LogP contribution is 2.27. The van der Waals surface area contributed by atoms with Crippen LogP contribution in [0.4, 0.5) is 0 Å². The van der Waals surface area contributed by atoms with Gasteiger partial charge in [0.05, 0.1) is 9.70 Å². The number of thiophene rings is 1. The van der Waals surface area contributed by atoms with Gasteiger partial charge in [-0.2, -0.15) is 0 Å². The summed E-state index contributed by atoms with van der Waals surface area (Å²) in [5, 5.41) is 0. The van der Waals surface area contributed by atoms with Crippen molar-refractivity contribution >= 4 is 33.2 Å². The zero-order chi connectivity index (χ0) is 8.43. The van der Waals surface area contributed by atoms with Gasteiger partial charge in [0.1, 0.15) is 0 Å². The molecule has 1 unspecified atom stereocenters. The lowest BCUT2D eigenvalue weighted by molar-refractivity contribution is -0.119. The van der Waals surface area contributed by atoms with Crippen molar-refractivity contribution in [2.75, 3.05) is 0 Å². The number of carbonyl (C=O) groups excluding carboxylic acids is 1.